The number of hydrogen-bond donors (Lipinski definition) is 3. The van der Waals surface area contributed by atoms with Gasteiger partial charge >= 0.3 is 0 Å². The van der Waals surface area contributed by atoms with Crippen LogP contribution >= 0.6 is 11.3 Å². The number of hydrogen-bond acceptors (Lipinski definition) is 7. The summed E-state index contributed by atoms with van der Waals surface area (Å²) in [5.74, 6) is 0.878. The van der Waals surface area contributed by atoms with Gasteiger partial charge in [0, 0.05) is 12.0 Å². The van der Waals surface area contributed by atoms with Crippen LogP contribution < -0.4 is 11.1 Å². The molecule has 1 unspecified atom stereocenters. The largest absolute Gasteiger partial charge is 0.394 e. The van der Waals surface area contributed by atoms with Crippen LogP contribution in [0.15, 0.2) is 6.07 Å². The fourth-order valence-corrected chi connectivity index (χ4v) is 2.78. The van der Waals surface area contributed by atoms with Crippen molar-refractivity contribution in [1.29, 1.82) is 0 Å². The maximum Gasteiger partial charge on any atom is 0.223 e. The molecule has 0 aliphatic carbocycles. The van der Waals surface area contributed by atoms with E-state index < -0.39 is 0 Å². The van der Waals surface area contributed by atoms with Gasteiger partial charge in [-0.25, -0.2) is 4.98 Å². The summed E-state index contributed by atoms with van der Waals surface area (Å²) in [6.07, 6.45) is 0.946. The van der Waals surface area contributed by atoms with E-state index in [1.807, 2.05) is 0 Å². The van der Waals surface area contributed by atoms with Crippen molar-refractivity contribution in [2.75, 3.05) is 31.4 Å². The van der Waals surface area contributed by atoms with Crippen molar-refractivity contribution in [2.45, 2.75) is 19.4 Å². The molecule has 0 fully saturated rings. The molecule has 19 heavy (non-hydrogen) atoms. The van der Waals surface area contributed by atoms with Crippen LogP contribution in [0.25, 0.3) is 10.2 Å². The van der Waals surface area contributed by atoms with E-state index in [-0.39, 0.29) is 18.6 Å². The monoisotopic (exact) mass is 282 g/mol. The van der Waals surface area contributed by atoms with Crippen molar-refractivity contribution in [3.05, 3.63) is 10.9 Å². The number of aliphatic hydroxyl groups excluding tert-OH is 1. The van der Waals surface area contributed by atoms with Gasteiger partial charge in [-0.1, -0.05) is 6.92 Å². The summed E-state index contributed by atoms with van der Waals surface area (Å²) in [6, 6.07) is 1.84. The summed E-state index contributed by atoms with van der Waals surface area (Å²) in [7, 11) is 1.59. The van der Waals surface area contributed by atoms with Gasteiger partial charge in [-0.3, -0.25) is 0 Å². The Labute approximate surface area is 115 Å². The average Bonchev–Trinajstić information content (AvgIpc) is 2.81. The number of aliphatic hydroxyl groups is 1. The number of nitrogens with two attached hydrogens (primary N) is 1. The summed E-state index contributed by atoms with van der Waals surface area (Å²) in [5, 5.41) is 13.4. The first-order chi connectivity index (χ1) is 9.17. The summed E-state index contributed by atoms with van der Waals surface area (Å²) >= 11 is 1.61. The number of nitrogen functional groups attached to an aromatic ring is 1. The zero-order valence-corrected chi connectivity index (χ0v) is 11.8. The Morgan fingerprint density at radius 3 is 2.95 bits per heavy atom. The first kappa shape index (κ1) is 14.0. The first-order valence-electron chi connectivity index (χ1n) is 6.10. The number of nitrogens with zero attached hydrogens (tertiary/aromatic N) is 2. The lowest BCUT2D eigenvalue weighted by Gasteiger charge is -2.16. The molecular formula is C12H18N4O2S. The standard InChI is InChI=1S/C12H18N4O2S/c1-3-8-4-9-10(14-7(5-17)6-18-2)15-12(13)16-11(9)19-8/h4,7,17H,3,5-6H2,1-2H3,(H3,13,14,15,16). The molecule has 0 saturated carbocycles. The molecule has 6 nitrogen and oxygen atoms in total. The highest BCUT2D eigenvalue weighted by Gasteiger charge is 2.14. The highest BCUT2D eigenvalue weighted by atomic mass is 32.1. The van der Waals surface area contributed by atoms with Crippen molar-refractivity contribution in [3.63, 3.8) is 0 Å². The quantitative estimate of drug-likeness (QED) is 0.738. The van der Waals surface area contributed by atoms with Gasteiger partial charge in [-0.15, -0.1) is 11.3 Å². The van der Waals surface area contributed by atoms with Gasteiger partial charge in [0.15, 0.2) is 0 Å². The second kappa shape index (κ2) is 6.14. The van der Waals surface area contributed by atoms with E-state index in [4.69, 9.17) is 10.5 Å². The van der Waals surface area contributed by atoms with Crippen LogP contribution in [0.2, 0.25) is 0 Å². The van der Waals surface area contributed by atoms with E-state index >= 15 is 0 Å². The van der Waals surface area contributed by atoms with E-state index in [9.17, 15) is 5.11 Å². The smallest absolute Gasteiger partial charge is 0.223 e. The number of aryl methyl sites for hydroxylation is 1. The van der Waals surface area contributed by atoms with E-state index in [0.29, 0.717) is 12.4 Å². The molecule has 2 aromatic rings. The van der Waals surface area contributed by atoms with E-state index in [2.05, 4.69) is 28.3 Å². The van der Waals surface area contributed by atoms with Gasteiger partial charge in [0.05, 0.1) is 24.6 Å². The van der Waals surface area contributed by atoms with Gasteiger partial charge in [0.25, 0.3) is 0 Å². The fourth-order valence-electron chi connectivity index (χ4n) is 1.81. The third kappa shape index (κ3) is 3.12. The molecule has 7 heteroatoms. The van der Waals surface area contributed by atoms with Crippen molar-refractivity contribution >= 4 is 33.3 Å². The maximum atomic E-state index is 9.30. The van der Waals surface area contributed by atoms with Crippen LogP contribution in [0.3, 0.4) is 0 Å². The molecule has 0 aliphatic heterocycles. The maximum absolute atomic E-state index is 9.30. The molecule has 104 valence electrons. The molecule has 0 aliphatic rings. The number of nitrogens with one attached hydrogen (secondary N) is 1. The van der Waals surface area contributed by atoms with Crippen LogP contribution in [0.5, 0.6) is 0 Å². The SMILES string of the molecule is CCc1cc2c(NC(CO)COC)nc(N)nc2s1. The summed E-state index contributed by atoms with van der Waals surface area (Å²) in [5.41, 5.74) is 5.72. The Morgan fingerprint density at radius 2 is 2.32 bits per heavy atom. The summed E-state index contributed by atoms with van der Waals surface area (Å²) < 4.78 is 5.04. The number of methoxy groups -OCH3 is 1. The topological polar surface area (TPSA) is 93.3 Å². The number of fused-ring (bicyclic) bond motifs is 1. The minimum atomic E-state index is -0.215. The van der Waals surface area contributed by atoms with Crippen molar-refractivity contribution in [3.8, 4) is 0 Å². The van der Waals surface area contributed by atoms with E-state index in [1.165, 1.54) is 4.88 Å². The number of aromatic nitrogens is 2. The number of anilines is 2. The molecule has 2 heterocycles. The molecule has 0 aromatic carbocycles. The lowest BCUT2D eigenvalue weighted by atomic mass is 10.2. The average molecular weight is 282 g/mol. The third-order valence-corrected chi connectivity index (χ3v) is 3.91. The van der Waals surface area contributed by atoms with Crippen LogP contribution in [-0.4, -0.2) is 41.4 Å². The number of thiophene rings is 1. The zero-order valence-electron chi connectivity index (χ0n) is 11.0. The fraction of sp³-hybridized carbons (Fsp3) is 0.500. The van der Waals surface area contributed by atoms with Crippen LogP contribution in [0.1, 0.15) is 11.8 Å². The second-order valence-corrected chi connectivity index (χ2v) is 5.31. The molecule has 2 rings (SSSR count). The minimum absolute atomic E-state index is 0.0377. The molecule has 0 radical (unpaired) electrons. The predicted molar refractivity (Wildman–Crippen MR) is 77.6 cm³/mol. The number of ether oxygens (including phenoxy) is 1. The molecular weight excluding hydrogens is 264 g/mol. The van der Waals surface area contributed by atoms with Crippen LogP contribution in [-0.2, 0) is 11.2 Å². The zero-order chi connectivity index (χ0) is 13.8. The van der Waals surface area contributed by atoms with Gasteiger partial charge < -0.3 is 20.9 Å². The Morgan fingerprint density at radius 1 is 1.53 bits per heavy atom. The lowest BCUT2D eigenvalue weighted by molar-refractivity contribution is 0.153. The summed E-state index contributed by atoms with van der Waals surface area (Å²) in [4.78, 5) is 10.5. The van der Waals surface area contributed by atoms with Gasteiger partial charge in [-0.05, 0) is 12.5 Å². The van der Waals surface area contributed by atoms with Crippen LogP contribution in [0, 0.1) is 0 Å². The Hall–Kier alpha value is -1.44. The highest BCUT2D eigenvalue weighted by molar-refractivity contribution is 7.18. The highest BCUT2D eigenvalue weighted by Crippen LogP contribution is 2.30. The normalized spacial score (nSPS) is 12.8. The minimum Gasteiger partial charge on any atom is -0.394 e. The van der Waals surface area contributed by atoms with Gasteiger partial charge in [-0.2, -0.15) is 4.98 Å². The van der Waals surface area contributed by atoms with Crippen LogP contribution in [0.4, 0.5) is 11.8 Å². The molecule has 4 N–H and O–H groups in total. The van der Waals surface area contributed by atoms with E-state index in [0.717, 1.165) is 16.6 Å². The molecule has 2 aromatic heterocycles. The second-order valence-electron chi connectivity index (χ2n) is 4.19. The molecule has 0 saturated heterocycles. The van der Waals surface area contributed by atoms with Crippen molar-refractivity contribution in [2.24, 2.45) is 0 Å². The van der Waals surface area contributed by atoms with Crippen molar-refractivity contribution < 1.29 is 9.84 Å². The number of rotatable bonds is 6. The predicted octanol–water partition coefficient (Wildman–Crippen LogP) is 1.26. The molecule has 0 spiro atoms. The van der Waals surface area contributed by atoms with Crippen molar-refractivity contribution in [1.82, 2.24) is 9.97 Å². The lowest BCUT2D eigenvalue weighted by Crippen LogP contribution is -2.29. The first-order valence-corrected chi connectivity index (χ1v) is 6.91. The molecule has 0 bridgehead atoms. The Balaban J connectivity index is 2.37. The Kier molecular flexibility index (Phi) is 4.52. The van der Waals surface area contributed by atoms with Gasteiger partial charge in [0.1, 0.15) is 10.6 Å². The third-order valence-electron chi connectivity index (χ3n) is 2.74. The Bertz CT molecular complexity index is 558. The van der Waals surface area contributed by atoms with Gasteiger partial charge in [0.2, 0.25) is 5.95 Å². The summed E-state index contributed by atoms with van der Waals surface area (Å²) in [6.45, 7) is 2.45. The molecule has 0 amide bonds. The molecule has 1 atom stereocenters. The van der Waals surface area contributed by atoms with E-state index in [1.54, 1.807) is 18.4 Å².